The van der Waals surface area contributed by atoms with Crippen molar-refractivity contribution in [2.45, 2.75) is 13.5 Å². The highest BCUT2D eigenvalue weighted by Crippen LogP contribution is 2.12. The van der Waals surface area contributed by atoms with Gasteiger partial charge in [-0.05, 0) is 24.1 Å². The molecule has 104 valence electrons. The van der Waals surface area contributed by atoms with E-state index in [1.165, 1.54) is 6.07 Å². The van der Waals surface area contributed by atoms with Gasteiger partial charge in [-0.15, -0.1) is 0 Å². The first kappa shape index (κ1) is 13.8. The van der Waals surface area contributed by atoms with Gasteiger partial charge in [0.05, 0.1) is 0 Å². The van der Waals surface area contributed by atoms with E-state index in [4.69, 9.17) is 0 Å². The molecule has 1 aromatic rings. The Morgan fingerprint density at radius 1 is 1.42 bits per heavy atom. The Hall–Kier alpha value is -1.62. The summed E-state index contributed by atoms with van der Waals surface area (Å²) in [5, 5.41) is 3.22. The summed E-state index contributed by atoms with van der Waals surface area (Å²) in [7, 11) is 1.78. The van der Waals surface area contributed by atoms with Crippen molar-refractivity contribution < 1.29 is 9.18 Å². The second kappa shape index (κ2) is 6.02. The molecular weight excluding hydrogens is 245 g/mol. The number of nitrogens with zero attached hydrogens (tertiary/aromatic N) is 2. The number of nitrogens with one attached hydrogen (secondary N) is 1. The van der Waals surface area contributed by atoms with E-state index in [2.05, 4.69) is 5.32 Å². The lowest BCUT2D eigenvalue weighted by atomic mass is 10.1. The molecule has 19 heavy (non-hydrogen) atoms. The van der Waals surface area contributed by atoms with Gasteiger partial charge in [-0.2, -0.15) is 0 Å². The van der Waals surface area contributed by atoms with Gasteiger partial charge in [-0.1, -0.05) is 12.1 Å². The molecule has 1 fully saturated rings. The summed E-state index contributed by atoms with van der Waals surface area (Å²) >= 11 is 0. The van der Waals surface area contributed by atoms with E-state index in [9.17, 15) is 9.18 Å². The van der Waals surface area contributed by atoms with E-state index in [1.807, 2.05) is 4.90 Å². The molecule has 4 nitrogen and oxygen atoms in total. The highest BCUT2D eigenvalue weighted by Gasteiger charge is 2.19. The first-order chi connectivity index (χ1) is 9.08. The highest BCUT2D eigenvalue weighted by atomic mass is 19.1. The number of carbonyl (C=O) groups excluding carboxylic acids is 1. The third-order valence-corrected chi connectivity index (χ3v) is 3.36. The van der Waals surface area contributed by atoms with Crippen molar-refractivity contribution in [3.8, 4) is 0 Å². The van der Waals surface area contributed by atoms with Crippen LogP contribution < -0.4 is 5.32 Å². The fraction of sp³-hybridized carbons (Fsp3) is 0.500. The number of piperazine rings is 1. The van der Waals surface area contributed by atoms with Gasteiger partial charge in [-0.25, -0.2) is 9.18 Å². The molecule has 0 aromatic heterocycles. The van der Waals surface area contributed by atoms with Crippen LogP contribution in [0.15, 0.2) is 18.2 Å². The number of amides is 2. The first-order valence-electron chi connectivity index (χ1n) is 6.53. The Morgan fingerprint density at radius 2 is 2.11 bits per heavy atom. The van der Waals surface area contributed by atoms with Crippen molar-refractivity contribution >= 4 is 6.03 Å². The van der Waals surface area contributed by atoms with Crippen molar-refractivity contribution in [3.05, 3.63) is 35.1 Å². The zero-order valence-corrected chi connectivity index (χ0v) is 11.4. The molecule has 0 saturated carbocycles. The van der Waals surface area contributed by atoms with Crippen LogP contribution in [0.1, 0.15) is 11.1 Å². The van der Waals surface area contributed by atoms with Crippen LogP contribution in [-0.2, 0) is 6.54 Å². The maximum atomic E-state index is 13.2. The lowest BCUT2D eigenvalue weighted by molar-refractivity contribution is 0.154. The maximum Gasteiger partial charge on any atom is 0.320 e. The Bertz CT molecular complexity index is 458. The van der Waals surface area contributed by atoms with Crippen molar-refractivity contribution in [2.75, 3.05) is 33.2 Å². The van der Waals surface area contributed by atoms with Gasteiger partial charge in [0, 0.05) is 39.8 Å². The lowest BCUT2D eigenvalue weighted by Crippen LogP contribution is -2.50. The fourth-order valence-corrected chi connectivity index (χ4v) is 2.24. The van der Waals surface area contributed by atoms with E-state index in [-0.39, 0.29) is 11.8 Å². The Kier molecular flexibility index (Phi) is 4.37. The largest absolute Gasteiger partial charge is 0.323 e. The van der Waals surface area contributed by atoms with Gasteiger partial charge in [0.15, 0.2) is 0 Å². The zero-order valence-electron chi connectivity index (χ0n) is 11.4. The standard InChI is InChI=1S/C14H20FN3O/c1-11-9-12(3-4-13(11)15)10-17(2)14(19)18-7-5-16-6-8-18/h3-4,9,16H,5-8,10H2,1-2H3. The molecule has 0 spiro atoms. The van der Waals surface area contributed by atoms with Crippen LogP contribution in [0.5, 0.6) is 0 Å². The summed E-state index contributed by atoms with van der Waals surface area (Å²) in [5.74, 6) is -0.208. The molecule has 1 aromatic carbocycles. The predicted molar refractivity (Wildman–Crippen MR) is 72.4 cm³/mol. The topological polar surface area (TPSA) is 35.6 Å². The van der Waals surface area contributed by atoms with Gasteiger partial charge in [0.2, 0.25) is 0 Å². The summed E-state index contributed by atoms with van der Waals surface area (Å²) < 4.78 is 13.2. The maximum absolute atomic E-state index is 13.2. The summed E-state index contributed by atoms with van der Waals surface area (Å²) in [6.07, 6.45) is 0. The van der Waals surface area contributed by atoms with Gasteiger partial charge in [-0.3, -0.25) is 0 Å². The number of urea groups is 1. The molecule has 2 rings (SSSR count). The van der Waals surface area contributed by atoms with Gasteiger partial charge in [0.1, 0.15) is 5.82 Å². The molecule has 0 bridgehead atoms. The summed E-state index contributed by atoms with van der Waals surface area (Å²) in [6.45, 7) is 5.41. The average molecular weight is 265 g/mol. The average Bonchev–Trinajstić information content (AvgIpc) is 2.43. The number of hydrogen-bond acceptors (Lipinski definition) is 2. The molecule has 1 aliphatic heterocycles. The van der Waals surface area contributed by atoms with Crippen LogP contribution in [0.2, 0.25) is 0 Å². The molecule has 1 saturated heterocycles. The molecule has 1 heterocycles. The van der Waals surface area contributed by atoms with Gasteiger partial charge in [0.25, 0.3) is 0 Å². The SMILES string of the molecule is Cc1cc(CN(C)C(=O)N2CCNCC2)ccc1F. The lowest BCUT2D eigenvalue weighted by Gasteiger charge is -2.31. The summed E-state index contributed by atoms with van der Waals surface area (Å²) in [5.41, 5.74) is 1.56. The monoisotopic (exact) mass is 265 g/mol. The Labute approximate surface area is 113 Å². The first-order valence-corrected chi connectivity index (χ1v) is 6.53. The second-order valence-electron chi connectivity index (χ2n) is 4.96. The molecule has 5 heteroatoms. The van der Waals surface area contributed by atoms with Gasteiger partial charge >= 0.3 is 6.03 Å². The van der Waals surface area contributed by atoms with Crippen LogP contribution in [0.3, 0.4) is 0 Å². The molecule has 0 unspecified atom stereocenters. The number of rotatable bonds is 2. The van der Waals surface area contributed by atoms with Gasteiger partial charge < -0.3 is 15.1 Å². The molecule has 0 atom stereocenters. The normalized spacial score (nSPS) is 15.4. The van der Waals surface area contributed by atoms with E-state index in [1.54, 1.807) is 31.0 Å². The Morgan fingerprint density at radius 3 is 2.74 bits per heavy atom. The molecule has 0 radical (unpaired) electrons. The van der Waals surface area contributed by atoms with Crippen molar-refractivity contribution in [2.24, 2.45) is 0 Å². The Balaban J connectivity index is 1.97. The van der Waals surface area contributed by atoms with Crippen LogP contribution in [0.25, 0.3) is 0 Å². The number of hydrogen-bond donors (Lipinski definition) is 1. The van der Waals surface area contributed by atoms with E-state index in [0.717, 1.165) is 31.7 Å². The van der Waals surface area contributed by atoms with Crippen molar-refractivity contribution in [1.82, 2.24) is 15.1 Å². The van der Waals surface area contributed by atoms with Crippen LogP contribution in [0, 0.1) is 12.7 Å². The number of halogens is 1. The van der Waals surface area contributed by atoms with Crippen LogP contribution in [-0.4, -0.2) is 49.1 Å². The smallest absolute Gasteiger partial charge is 0.320 e. The number of benzene rings is 1. The van der Waals surface area contributed by atoms with E-state index in [0.29, 0.717) is 12.1 Å². The third-order valence-electron chi connectivity index (χ3n) is 3.36. The fourth-order valence-electron chi connectivity index (χ4n) is 2.24. The van der Waals surface area contributed by atoms with E-state index < -0.39 is 0 Å². The summed E-state index contributed by atoms with van der Waals surface area (Å²) in [6, 6.07) is 5.00. The minimum Gasteiger partial charge on any atom is -0.323 e. The number of carbonyl (C=O) groups is 1. The van der Waals surface area contributed by atoms with E-state index >= 15 is 0 Å². The minimum atomic E-state index is -0.208. The number of aryl methyl sites for hydroxylation is 1. The van der Waals surface area contributed by atoms with Crippen molar-refractivity contribution in [3.63, 3.8) is 0 Å². The molecule has 2 amide bonds. The highest BCUT2D eigenvalue weighted by molar-refractivity contribution is 5.74. The quantitative estimate of drug-likeness (QED) is 0.881. The minimum absolute atomic E-state index is 0.0310. The second-order valence-corrected chi connectivity index (χ2v) is 4.96. The molecular formula is C14H20FN3O. The molecule has 1 aliphatic rings. The molecule has 0 aliphatic carbocycles. The molecule has 1 N–H and O–H groups in total. The van der Waals surface area contributed by atoms with Crippen LogP contribution in [0.4, 0.5) is 9.18 Å². The summed E-state index contributed by atoms with van der Waals surface area (Å²) in [4.78, 5) is 15.7. The van der Waals surface area contributed by atoms with Crippen molar-refractivity contribution in [1.29, 1.82) is 0 Å². The third kappa shape index (κ3) is 3.44. The zero-order chi connectivity index (χ0) is 13.8. The predicted octanol–water partition coefficient (Wildman–Crippen LogP) is 1.59. The van der Waals surface area contributed by atoms with Crippen LogP contribution >= 0.6 is 0 Å².